The molecule has 3 rings (SSSR count). The highest BCUT2D eigenvalue weighted by molar-refractivity contribution is 5.28. The summed E-state index contributed by atoms with van der Waals surface area (Å²) in [4.78, 5) is 2.48. The van der Waals surface area contributed by atoms with Crippen LogP contribution in [0.25, 0.3) is 0 Å². The van der Waals surface area contributed by atoms with E-state index in [9.17, 15) is 0 Å². The Hall–Kier alpha value is -1.80. The van der Waals surface area contributed by atoms with Gasteiger partial charge in [-0.1, -0.05) is 49.4 Å². The van der Waals surface area contributed by atoms with Gasteiger partial charge in [0, 0.05) is 19.6 Å². The molecule has 1 heterocycles. The SMILES string of the molecule is CCc1cccc(OC2CCN(Cc3ccccc3)C2)c1. The molecule has 0 aliphatic carbocycles. The molecule has 1 fully saturated rings. The van der Waals surface area contributed by atoms with E-state index in [-0.39, 0.29) is 0 Å². The number of benzene rings is 2. The highest BCUT2D eigenvalue weighted by Gasteiger charge is 2.23. The van der Waals surface area contributed by atoms with E-state index < -0.39 is 0 Å². The molecule has 0 N–H and O–H groups in total. The summed E-state index contributed by atoms with van der Waals surface area (Å²) >= 11 is 0. The average Bonchev–Trinajstić information content (AvgIpc) is 2.95. The number of aryl methyl sites for hydroxylation is 1. The molecular weight excluding hydrogens is 258 g/mol. The molecule has 1 atom stereocenters. The van der Waals surface area contributed by atoms with Crippen molar-refractivity contribution in [2.24, 2.45) is 0 Å². The molecule has 0 saturated carbocycles. The second-order valence-electron chi connectivity index (χ2n) is 5.75. The smallest absolute Gasteiger partial charge is 0.120 e. The fourth-order valence-corrected chi connectivity index (χ4v) is 2.91. The monoisotopic (exact) mass is 281 g/mol. The first-order valence-corrected chi connectivity index (χ1v) is 7.85. The van der Waals surface area contributed by atoms with E-state index in [1.54, 1.807) is 0 Å². The van der Waals surface area contributed by atoms with Gasteiger partial charge in [-0.15, -0.1) is 0 Å². The highest BCUT2D eigenvalue weighted by atomic mass is 16.5. The topological polar surface area (TPSA) is 12.5 Å². The first-order valence-electron chi connectivity index (χ1n) is 7.85. The van der Waals surface area contributed by atoms with Crippen LogP contribution < -0.4 is 4.74 Å². The highest BCUT2D eigenvalue weighted by Crippen LogP contribution is 2.21. The van der Waals surface area contributed by atoms with Crippen molar-refractivity contribution in [1.82, 2.24) is 4.90 Å². The van der Waals surface area contributed by atoms with Crippen LogP contribution in [0.5, 0.6) is 5.75 Å². The van der Waals surface area contributed by atoms with Crippen LogP contribution >= 0.6 is 0 Å². The quantitative estimate of drug-likeness (QED) is 0.824. The summed E-state index contributed by atoms with van der Waals surface area (Å²) in [5, 5.41) is 0. The molecule has 1 saturated heterocycles. The second kappa shape index (κ2) is 6.77. The van der Waals surface area contributed by atoms with Crippen LogP contribution in [0, 0.1) is 0 Å². The molecule has 0 amide bonds. The lowest BCUT2D eigenvalue weighted by Crippen LogP contribution is -2.24. The van der Waals surface area contributed by atoms with Gasteiger partial charge < -0.3 is 4.74 Å². The van der Waals surface area contributed by atoms with Crippen molar-refractivity contribution >= 4 is 0 Å². The summed E-state index contributed by atoms with van der Waals surface area (Å²) in [5.74, 6) is 1.01. The van der Waals surface area contributed by atoms with E-state index in [1.165, 1.54) is 11.1 Å². The van der Waals surface area contributed by atoms with Crippen LogP contribution in [0.2, 0.25) is 0 Å². The second-order valence-corrected chi connectivity index (χ2v) is 5.75. The molecule has 1 aliphatic heterocycles. The van der Waals surface area contributed by atoms with Crippen LogP contribution in [-0.2, 0) is 13.0 Å². The zero-order valence-electron chi connectivity index (χ0n) is 12.7. The van der Waals surface area contributed by atoms with Crippen molar-refractivity contribution in [3.63, 3.8) is 0 Å². The number of hydrogen-bond acceptors (Lipinski definition) is 2. The molecule has 1 unspecified atom stereocenters. The van der Waals surface area contributed by atoms with Crippen molar-refractivity contribution in [3.8, 4) is 5.75 Å². The molecule has 2 aromatic rings. The molecule has 0 spiro atoms. The van der Waals surface area contributed by atoms with Crippen LogP contribution in [0.4, 0.5) is 0 Å². The number of likely N-dealkylation sites (tertiary alicyclic amines) is 1. The van der Waals surface area contributed by atoms with Gasteiger partial charge >= 0.3 is 0 Å². The van der Waals surface area contributed by atoms with Gasteiger partial charge in [-0.05, 0) is 36.1 Å². The summed E-state index contributed by atoms with van der Waals surface area (Å²) in [6.07, 6.45) is 2.49. The largest absolute Gasteiger partial charge is 0.489 e. The molecule has 21 heavy (non-hydrogen) atoms. The normalized spacial score (nSPS) is 18.8. The fraction of sp³-hybridized carbons (Fsp3) is 0.368. The molecule has 0 radical (unpaired) electrons. The zero-order valence-corrected chi connectivity index (χ0v) is 12.7. The Labute approximate surface area is 127 Å². The minimum absolute atomic E-state index is 0.320. The van der Waals surface area contributed by atoms with Crippen molar-refractivity contribution in [3.05, 3.63) is 65.7 Å². The Kier molecular flexibility index (Phi) is 4.56. The number of rotatable bonds is 5. The van der Waals surface area contributed by atoms with Crippen molar-refractivity contribution in [1.29, 1.82) is 0 Å². The van der Waals surface area contributed by atoms with Crippen LogP contribution in [0.1, 0.15) is 24.5 Å². The van der Waals surface area contributed by atoms with Gasteiger partial charge in [-0.3, -0.25) is 4.90 Å². The van der Waals surface area contributed by atoms with Crippen molar-refractivity contribution < 1.29 is 4.74 Å². The maximum absolute atomic E-state index is 6.14. The van der Waals surface area contributed by atoms with Gasteiger partial charge in [-0.2, -0.15) is 0 Å². The maximum Gasteiger partial charge on any atom is 0.120 e. The summed E-state index contributed by atoms with van der Waals surface area (Å²) < 4.78 is 6.14. The van der Waals surface area contributed by atoms with Gasteiger partial charge in [0.05, 0.1) is 0 Å². The van der Waals surface area contributed by atoms with E-state index in [2.05, 4.69) is 66.4 Å². The first-order chi connectivity index (χ1) is 10.3. The van der Waals surface area contributed by atoms with Gasteiger partial charge in [0.1, 0.15) is 11.9 Å². The maximum atomic E-state index is 6.14. The van der Waals surface area contributed by atoms with E-state index in [0.717, 1.165) is 38.2 Å². The summed E-state index contributed by atoms with van der Waals surface area (Å²) in [7, 11) is 0. The predicted octanol–water partition coefficient (Wildman–Crippen LogP) is 3.90. The van der Waals surface area contributed by atoms with E-state index in [1.807, 2.05) is 0 Å². The number of hydrogen-bond donors (Lipinski definition) is 0. The Bertz CT molecular complexity index is 567. The standard InChI is InChI=1S/C19H23NO/c1-2-16-9-6-10-18(13-16)21-19-11-12-20(15-19)14-17-7-4-3-5-8-17/h3-10,13,19H,2,11-12,14-15H2,1H3. The predicted molar refractivity (Wildman–Crippen MR) is 86.6 cm³/mol. The molecule has 0 bridgehead atoms. The first kappa shape index (κ1) is 14.2. The van der Waals surface area contributed by atoms with Gasteiger partial charge in [0.15, 0.2) is 0 Å². The Balaban J connectivity index is 1.54. The molecule has 1 aliphatic rings. The lowest BCUT2D eigenvalue weighted by molar-refractivity contribution is 0.198. The average molecular weight is 281 g/mol. The lowest BCUT2D eigenvalue weighted by Gasteiger charge is -2.17. The zero-order chi connectivity index (χ0) is 14.5. The minimum atomic E-state index is 0.320. The van der Waals surface area contributed by atoms with E-state index in [0.29, 0.717) is 6.10 Å². The van der Waals surface area contributed by atoms with Gasteiger partial charge in [0.2, 0.25) is 0 Å². The molecule has 110 valence electrons. The van der Waals surface area contributed by atoms with E-state index in [4.69, 9.17) is 4.74 Å². The number of ether oxygens (including phenoxy) is 1. The van der Waals surface area contributed by atoms with Gasteiger partial charge in [0.25, 0.3) is 0 Å². The third-order valence-corrected chi connectivity index (χ3v) is 4.09. The molecular formula is C19H23NO. The van der Waals surface area contributed by atoms with Crippen LogP contribution in [0.3, 0.4) is 0 Å². The number of nitrogens with zero attached hydrogens (tertiary/aromatic N) is 1. The van der Waals surface area contributed by atoms with Crippen molar-refractivity contribution in [2.75, 3.05) is 13.1 Å². The fourth-order valence-electron chi connectivity index (χ4n) is 2.91. The summed E-state index contributed by atoms with van der Waals surface area (Å²) in [6, 6.07) is 19.1. The molecule has 2 aromatic carbocycles. The summed E-state index contributed by atoms with van der Waals surface area (Å²) in [5.41, 5.74) is 2.72. The van der Waals surface area contributed by atoms with E-state index >= 15 is 0 Å². The third-order valence-electron chi connectivity index (χ3n) is 4.09. The minimum Gasteiger partial charge on any atom is -0.489 e. The van der Waals surface area contributed by atoms with Crippen LogP contribution in [0.15, 0.2) is 54.6 Å². The van der Waals surface area contributed by atoms with Crippen LogP contribution in [-0.4, -0.2) is 24.1 Å². The lowest BCUT2D eigenvalue weighted by atomic mass is 10.1. The molecule has 2 heteroatoms. The molecule has 0 aromatic heterocycles. The Morgan fingerprint density at radius 2 is 1.86 bits per heavy atom. The van der Waals surface area contributed by atoms with Crippen molar-refractivity contribution in [2.45, 2.75) is 32.4 Å². The Morgan fingerprint density at radius 1 is 1.05 bits per heavy atom. The van der Waals surface area contributed by atoms with Gasteiger partial charge in [-0.25, -0.2) is 0 Å². The molecule has 2 nitrogen and oxygen atoms in total. The third kappa shape index (κ3) is 3.85. The Morgan fingerprint density at radius 3 is 2.67 bits per heavy atom. The summed E-state index contributed by atoms with van der Waals surface area (Å²) in [6.45, 7) is 5.34.